The number of hydrogen-bond acceptors (Lipinski definition) is 6. The lowest BCUT2D eigenvalue weighted by Gasteiger charge is -2.29. The van der Waals surface area contributed by atoms with Gasteiger partial charge in [-0.3, -0.25) is 4.55 Å². The topological polar surface area (TPSA) is 67.3 Å². The molecule has 0 spiro atoms. The monoisotopic (exact) mass is 902 g/mol. The molecule has 0 radical (unpaired) electrons. The van der Waals surface area contributed by atoms with Crippen molar-refractivity contribution in [1.29, 1.82) is 0 Å². The third kappa shape index (κ3) is 9.23. The van der Waals surface area contributed by atoms with Gasteiger partial charge in [0.2, 0.25) is 0 Å². The molecule has 0 amide bonds. The second-order valence-corrected chi connectivity index (χ2v) is 17.5. The molecule has 7 nitrogen and oxygen atoms in total. The molecule has 0 unspecified atom stereocenters. The molecule has 0 aromatic heterocycles. The van der Waals surface area contributed by atoms with Gasteiger partial charge >= 0.3 is 0 Å². The largest absolute Gasteiger partial charge is 0.311 e. The average Bonchev–Trinajstić information content (AvgIpc) is 3.39. The molecule has 10 aromatic carbocycles. The van der Waals surface area contributed by atoms with Gasteiger partial charge in [0.15, 0.2) is 0 Å². The summed E-state index contributed by atoms with van der Waals surface area (Å²) in [7, 11) is -4.69. The van der Waals surface area contributed by atoms with Crippen LogP contribution in [0.1, 0.15) is 0 Å². The van der Waals surface area contributed by atoms with Crippen molar-refractivity contribution in [2.75, 3.05) is 19.6 Å². The van der Waals surface area contributed by atoms with Crippen LogP contribution >= 0.6 is 0 Å². The molecule has 68 heavy (non-hydrogen) atoms. The molecule has 10 rings (SSSR count). The van der Waals surface area contributed by atoms with E-state index in [1.807, 2.05) is 169 Å². The van der Waals surface area contributed by atoms with E-state index >= 15 is 0 Å². The minimum Gasteiger partial charge on any atom is -0.311 e. The standard InChI is InChI=1S/C60H46N4O3S/c65-68(66,67)60-45-58(64(52-29-17-6-18-30-52)57-41-39-55(40-42-57)62(49-23-11-3-12-24-49)50-25-13-4-14-26-50)43-44-59(60)46-31-33-53(34-32-46)63(51-27-15-5-16-28-51)56-37-35-54(36-38-56)61(47-19-7-1-8-20-47)48-21-9-2-10-22-48/h1-45H,(H,65,66,67). The Morgan fingerprint density at radius 2 is 0.456 bits per heavy atom. The first kappa shape index (κ1) is 43.2. The van der Waals surface area contributed by atoms with Crippen molar-refractivity contribution < 1.29 is 13.0 Å². The predicted octanol–water partition coefficient (Wildman–Crippen LogP) is 16.5. The Kier molecular flexibility index (Phi) is 12.3. The summed E-state index contributed by atoms with van der Waals surface area (Å²) in [5, 5.41) is 0. The molecule has 0 bridgehead atoms. The Labute approximate surface area is 398 Å². The van der Waals surface area contributed by atoms with Gasteiger partial charge in [-0.2, -0.15) is 8.42 Å². The summed E-state index contributed by atoms with van der Waals surface area (Å²) in [6.45, 7) is 0. The van der Waals surface area contributed by atoms with Crippen LogP contribution in [0.15, 0.2) is 278 Å². The first-order valence-electron chi connectivity index (χ1n) is 22.3. The summed E-state index contributed by atoms with van der Waals surface area (Å²) < 4.78 is 37.6. The van der Waals surface area contributed by atoms with Gasteiger partial charge in [0.25, 0.3) is 10.1 Å². The van der Waals surface area contributed by atoms with Crippen LogP contribution < -0.4 is 19.6 Å². The smallest absolute Gasteiger partial charge is 0.295 e. The molecule has 8 heteroatoms. The summed E-state index contributed by atoms with van der Waals surface area (Å²) >= 11 is 0. The zero-order valence-corrected chi connectivity index (χ0v) is 37.8. The SMILES string of the molecule is O=S(=O)(O)c1cc(N(c2ccccc2)c2ccc(N(c3ccccc3)c3ccccc3)cc2)ccc1-c1ccc(N(c2ccccc2)c2ccc(N(c3ccccc3)c3ccccc3)cc2)cc1. The van der Waals surface area contributed by atoms with Gasteiger partial charge in [-0.05, 0) is 151 Å². The van der Waals surface area contributed by atoms with Crippen molar-refractivity contribution in [3.63, 3.8) is 0 Å². The van der Waals surface area contributed by atoms with Crippen LogP contribution in [0.4, 0.5) is 68.2 Å². The molecule has 1 N–H and O–H groups in total. The number of hydrogen-bond donors (Lipinski definition) is 1. The summed E-state index contributed by atoms with van der Waals surface area (Å²) in [5.41, 5.74) is 12.1. The maximum Gasteiger partial charge on any atom is 0.295 e. The third-order valence-corrected chi connectivity index (χ3v) is 12.6. The number of nitrogens with zero attached hydrogens (tertiary/aromatic N) is 4. The van der Waals surface area contributed by atoms with Gasteiger partial charge < -0.3 is 19.6 Å². The van der Waals surface area contributed by atoms with E-state index in [1.54, 1.807) is 12.1 Å². The van der Waals surface area contributed by atoms with Gasteiger partial charge in [-0.1, -0.05) is 127 Å². The lowest BCUT2D eigenvalue weighted by atomic mass is 10.0. The minimum atomic E-state index is -4.69. The highest BCUT2D eigenvalue weighted by atomic mass is 32.2. The summed E-state index contributed by atoms with van der Waals surface area (Å²) in [6, 6.07) is 90.5. The van der Waals surface area contributed by atoms with Crippen LogP contribution in [0.2, 0.25) is 0 Å². The van der Waals surface area contributed by atoms with Crippen molar-refractivity contribution >= 4 is 78.4 Å². The molecule has 0 saturated carbocycles. The van der Waals surface area contributed by atoms with Crippen molar-refractivity contribution in [1.82, 2.24) is 0 Å². The highest BCUT2D eigenvalue weighted by molar-refractivity contribution is 7.86. The van der Waals surface area contributed by atoms with Crippen LogP contribution in [0.3, 0.4) is 0 Å². The fraction of sp³-hybridized carbons (Fsp3) is 0. The van der Waals surface area contributed by atoms with Gasteiger partial charge in [0.05, 0.1) is 0 Å². The Morgan fingerprint density at radius 1 is 0.250 bits per heavy atom. The fourth-order valence-electron chi connectivity index (χ4n) is 8.64. The summed E-state index contributed by atoms with van der Waals surface area (Å²) in [4.78, 5) is 8.37. The van der Waals surface area contributed by atoms with Crippen LogP contribution in [0.5, 0.6) is 0 Å². The molecular formula is C60H46N4O3S. The Balaban J connectivity index is 0.992. The average molecular weight is 903 g/mol. The molecule has 10 aromatic rings. The quantitative estimate of drug-likeness (QED) is 0.109. The second kappa shape index (κ2) is 19.4. The molecule has 0 aliphatic carbocycles. The highest BCUT2D eigenvalue weighted by Gasteiger charge is 2.23. The van der Waals surface area contributed by atoms with E-state index in [0.717, 1.165) is 62.6 Å². The van der Waals surface area contributed by atoms with E-state index in [-0.39, 0.29) is 4.90 Å². The maximum atomic E-state index is 13.4. The number of para-hydroxylation sites is 6. The molecular weight excluding hydrogens is 857 g/mol. The second-order valence-electron chi connectivity index (χ2n) is 16.1. The normalized spacial score (nSPS) is 11.1. The Bertz CT molecular complexity index is 3250. The zero-order valence-electron chi connectivity index (χ0n) is 36.9. The molecule has 0 fully saturated rings. The first-order chi connectivity index (χ1) is 33.4. The zero-order chi connectivity index (χ0) is 46.3. The lowest BCUT2D eigenvalue weighted by molar-refractivity contribution is 0.483. The summed E-state index contributed by atoms with van der Waals surface area (Å²) in [5.74, 6) is 0. The highest BCUT2D eigenvalue weighted by Crippen LogP contribution is 2.43. The predicted molar refractivity (Wildman–Crippen MR) is 280 cm³/mol. The van der Waals surface area contributed by atoms with Crippen LogP contribution in [-0.2, 0) is 10.1 Å². The third-order valence-electron chi connectivity index (χ3n) is 11.8. The lowest BCUT2D eigenvalue weighted by Crippen LogP contribution is -2.13. The number of anilines is 12. The van der Waals surface area contributed by atoms with E-state index in [4.69, 9.17) is 0 Å². The Hall–Kier alpha value is -8.69. The number of rotatable bonds is 14. The van der Waals surface area contributed by atoms with Gasteiger partial charge in [0, 0.05) is 73.8 Å². The van der Waals surface area contributed by atoms with E-state index in [9.17, 15) is 13.0 Å². The van der Waals surface area contributed by atoms with Gasteiger partial charge in [-0.15, -0.1) is 0 Å². The van der Waals surface area contributed by atoms with Crippen LogP contribution in [0, 0.1) is 0 Å². The maximum absolute atomic E-state index is 13.4. The summed E-state index contributed by atoms with van der Waals surface area (Å²) in [6.07, 6.45) is 0. The molecule has 0 saturated heterocycles. The molecule has 0 aliphatic rings. The van der Waals surface area contributed by atoms with E-state index < -0.39 is 10.1 Å². The van der Waals surface area contributed by atoms with Gasteiger partial charge in [-0.25, -0.2) is 0 Å². The van der Waals surface area contributed by atoms with E-state index in [0.29, 0.717) is 16.8 Å². The van der Waals surface area contributed by atoms with Crippen LogP contribution in [-0.4, -0.2) is 13.0 Å². The molecule has 0 heterocycles. The van der Waals surface area contributed by atoms with Crippen molar-refractivity contribution in [3.05, 3.63) is 273 Å². The van der Waals surface area contributed by atoms with Crippen molar-refractivity contribution in [3.8, 4) is 11.1 Å². The van der Waals surface area contributed by atoms with Crippen molar-refractivity contribution in [2.45, 2.75) is 4.90 Å². The van der Waals surface area contributed by atoms with Crippen LogP contribution in [0.25, 0.3) is 11.1 Å². The van der Waals surface area contributed by atoms with E-state index in [2.05, 4.69) is 112 Å². The molecule has 0 aliphatic heterocycles. The first-order valence-corrected chi connectivity index (χ1v) is 23.8. The van der Waals surface area contributed by atoms with E-state index in [1.165, 1.54) is 0 Å². The van der Waals surface area contributed by atoms with Gasteiger partial charge in [0.1, 0.15) is 4.90 Å². The molecule has 0 atom stereocenters. The Morgan fingerprint density at radius 3 is 0.706 bits per heavy atom. The van der Waals surface area contributed by atoms with Crippen molar-refractivity contribution in [2.24, 2.45) is 0 Å². The molecule has 330 valence electrons. The number of benzene rings is 10. The minimum absolute atomic E-state index is 0.198. The fourth-order valence-corrected chi connectivity index (χ4v) is 9.38.